The van der Waals surface area contributed by atoms with E-state index in [2.05, 4.69) is 54.1 Å². The smallest absolute Gasteiger partial charge is 0.251 e. The largest absolute Gasteiger partial charge is 0.497 e. The Labute approximate surface area is 243 Å². The summed E-state index contributed by atoms with van der Waals surface area (Å²) in [5.41, 5.74) is 4.76. The Kier molecular flexibility index (Phi) is 9.15. The van der Waals surface area contributed by atoms with Gasteiger partial charge in [0, 0.05) is 35.9 Å². The lowest BCUT2D eigenvalue weighted by atomic mass is 9.95. The monoisotopic (exact) mass is 557 g/mol. The van der Waals surface area contributed by atoms with Gasteiger partial charge in [0.25, 0.3) is 5.91 Å². The highest BCUT2D eigenvalue weighted by atomic mass is 16.5. The lowest BCUT2D eigenvalue weighted by molar-refractivity contribution is 0.0822. The number of benzene rings is 3. The van der Waals surface area contributed by atoms with Crippen LogP contribution >= 0.6 is 0 Å². The topological polar surface area (TPSA) is 91.9 Å². The van der Waals surface area contributed by atoms with Crippen molar-refractivity contribution in [1.82, 2.24) is 10.6 Å². The summed E-state index contributed by atoms with van der Waals surface area (Å²) in [4.78, 5) is 13.6. The van der Waals surface area contributed by atoms with E-state index < -0.39 is 12.1 Å². The molecule has 1 saturated carbocycles. The van der Waals surface area contributed by atoms with Crippen molar-refractivity contribution in [3.8, 4) is 11.5 Å². The van der Waals surface area contributed by atoms with E-state index in [0.717, 1.165) is 49.2 Å². The van der Waals surface area contributed by atoms with Crippen molar-refractivity contribution in [2.45, 2.75) is 69.6 Å². The normalized spacial score (nSPS) is 19.4. The maximum Gasteiger partial charge on any atom is 0.251 e. The number of rotatable bonds is 7. The number of ether oxygens (including phenoxy) is 2. The van der Waals surface area contributed by atoms with Gasteiger partial charge in [0.05, 0.1) is 25.9 Å². The van der Waals surface area contributed by atoms with E-state index in [-0.39, 0.29) is 11.4 Å². The second-order valence-corrected chi connectivity index (χ2v) is 11.7. The van der Waals surface area contributed by atoms with Crippen LogP contribution in [0.25, 0.3) is 0 Å². The first-order valence-electron chi connectivity index (χ1n) is 14.8. The van der Waals surface area contributed by atoms with Crippen LogP contribution in [0, 0.1) is 0 Å². The molecule has 0 radical (unpaired) electrons. The SMILES string of the molecule is COc1cc2cc(c1)C(=O)N[C@H]([C@H](O)CNC1(c3cccc(C(C)C)c3)CC1)Cc1cccc(c1)OCCCCN2. The predicted molar refractivity (Wildman–Crippen MR) is 163 cm³/mol. The third-order valence-corrected chi connectivity index (χ3v) is 8.21. The minimum absolute atomic E-state index is 0.130. The minimum atomic E-state index is -0.809. The molecule has 1 aliphatic heterocycles. The van der Waals surface area contributed by atoms with Gasteiger partial charge in [-0.3, -0.25) is 4.79 Å². The fraction of sp³-hybridized carbons (Fsp3) is 0.441. The maximum absolute atomic E-state index is 13.6. The standard InChI is InChI=1S/C34H43N3O4/c1-23(2)25-9-7-10-27(18-25)34(12-13-34)36-22-32(38)31-17-24-8-6-11-29(16-24)41-15-5-4-14-35-28-19-26(33(39)37-31)20-30(21-28)40-3/h6-11,16,18-21,23,31-32,35-36,38H,4-5,12-15,17,22H2,1-3H3,(H,37,39)/t31-,32+/m0/s1. The van der Waals surface area contributed by atoms with Gasteiger partial charge in [-0.1, -0.05) is 50.2 Å². The Morgan fingerprint density at radius 1 is 1.07 bits per heavy atom. The molecule has 2 atom stereocenters. The van der Waals surface area contributed by atoms with Gasteiger partial charge in [0.15, 0.2) is 0 Å². The van der Waals surface area contributed by atoms with Crippen molar-refractivity contribution in [3.63, 3.8) is 0 Å². The van der Waals surface area contributed by atoms with Crippen LogP contribution in [0.2, 0.25) is 0 Å². The van der Waals surface area contributed by atoms with Crippen LogP contribution < -0.4 is 25.4 Å². The van der Waals surface area contributed by atoms with Gasteiger partial charge in [0.1, 0.15) is 11.5 Å². The summed E-state index contributed by atoms with van der Waals surface area (Å²) < 4.78 is 11.5. The Balaban J connectivity index is 1.37. The first kappa shape index (κ1) is 29.0. The number of carbonyl (C=O) groups excluding carboxylic acids is 1. The van der Waals surface area contributed by atoms with Gasteiger partial charge in [0.2, 0.25) is 0 Å². The first-order chi connectivity index (χ1) is 19.8. The summed E-state index contributed by atoms with van der Waals surface area (Å²) >= 11 is 0. The van der Waals surface area contributed by atoms with E-state index in [4.69, 9.17) is 9.47 Å². The third-order valence-electron chi connectivity index (χ3n) is 8.21. The molecule has 5 rings (SSSR count). The molecule has 7 heteroatoms. The lowest BCUT2D eigenvalue weighted by Crippen LogP contribution is -2.50. The maximum atomic E-state index is 13.6. The summed E-state index contributed by atoms with van der Waals surface area (Å²) in [6.07, 6.45) is 3.55. The van der Waals surface area contributed by atoms with Gasteiger partial charge in [-0.15, -0.1) is 0 Å². The molecule has 218 valence electrons. The summed E-state index contributed by atoms with van der Waals surface area (Å²) in [5.74, 6) is 1.62. The van der Waals surface area contributed by atoms with Gasteiger partial charge in [-0.25, -0.2) is 0 Å². The molecule has 41 heavy (non-hydrogen) atoms. The molecule has 0 spiro atoms. The molecule has 1 fully saturated rings. The van der Waals surface area contributed by atoms with Crippen LogP contribution in [0.1, 0.15) is 72.5 Å². The van der Waals surface area contributed by atoms with Crippen molar-refractivity contribution in [2.75, 3.05) is 32.1 Å². The number of nitrogens with one attached hydrogen (secondary N) is 3. The molecule has 0 aromatic heterocycles. The van der Waals surface area contributed by atoms with Crippen molar-refractivity contribution in [2.24, 2.45) is 0 Å². The minimum Gasteiger partial charge on any atom is -0.497 e. The molecule has 1 aliphatic carbocycles. The molecule has 2 aliphatic rings. The Bertz CT molecular complexity index is 1340. The van der Waals surface area contributed by atoms with E-state index in [1.807, 2.05) is 36.4 Å². The second-order valence-electron chi connectivity index (χ2n) is 11.7. The predicted octanol–water partition coefficient (Wildman–Crippen LogP) is 5.38. The number of hydrogen-bond donors (Lipinski definition) is 4. The van der Waals surface area contributed by atoms with E-state index in [9.17, 15) is 9.90 Å². The van der Waals surface area contributed by atoms with Gasteiger partial charge in [-0.2, -0.15) is 0 Å². The van der Waals surface area contributed by atoms with Gasteiger partial charge < -0.3 is 30.5 Å². The van der Waals surface area contributed by atoms with E-state index in [1.165, 1.54) is 11.1 Å². The highest BCUT2D eigenvalue weighted by molar-refractivity contribution is 5.96. The number of carbonyl (C=O) groups is 1. The average Bonchev–Trinajstić information content (AvgIpc) is 3.78. The lowest BCUT2D eigenvalue weighted by Gasteiger charge is -2.28. The molecule has 3 aromatic carbocycles. The molecule has 7 nitrogen and oxygen atoms in total. The molecular weight excluding hydrogens is 514 g/mol. The number of anilines is 1. The molecule has 0 unspecified atom stereocenters. The molecule has 4 N–H and O–H groups in total. The molecule has 0 saturated heterocycles. The molecular formula is C34H43N3O4. The van der Waals surface area contributed by atoms with E-state index in [1.54, 1.807) is 13.2 Å². The van der Waals surface area contributed by atoms with Crippen LogP contribution in [-0.4, -0.2) is 50.0 Å². The van der Waals surface area contributed by atoms with Crippen LogP contribution in [-0.2, 0) is 12.0 Å². The summed E-state index contributed by atoms with van der Waals surface area (Å²) in [6, 6.07) is 21.6. The van der Waals surface area contributed by atoms with Crippen LogP contribution in [0.4, 0.5) is 5.69 Å². The molecule has 4 bridgehead atoms. The van der Waals surface area contributed by atoms with Crippen molar-refractivity contribution in [1.29, 1.82) is 0 Å². The quantitative estimate of drug-likeness (QED) is 0.312. The van der Waals surface area contributed by atoms with Crippen LogP contribution in [0.15, 0.2) is 66.7 Å². The Hall–Kier alpha value is -3.55. The summed E-state index contributed by atoms with van der Waals surface area (Å²) in [5, 5.41) is 21.7. The Morgan fingerprint density at radius 2 is 1.90 bits per heavy atom. The number of aliphatic hydroxyl groups excluding tert-OH is 1. The second kappa shape index (κ2) is 13.0. The van der Waals surface area contributed by atoms with E-state index in [0.29, 0.717) is 36.8 Å². The highest BCUT2D eigenvalue weighted by Gasteiger charge is 2.44. The number of aliphatic hydroxyl groups is 1. The highest BCUT2D eigenvalue weighted by Crippen LogP contribution is 2.46. The average molecular weight is 558 g/mol. The van der Waals surface area contributed by atoms with Crippen LogP contribution in [0.5, 0.6) is 11.5 Å². The zero-order valence-electron chi connectivity index (χ0n) is 24.4. The number of amides is 1. The number of hydrogen-bond acceptors (Lipinski definition) is 6. The number of methoxy groups -OCH3 is 1. The zero-order chi connectivity index (χ0) is 28.8. The zero-order valence-corrected chi connectivity index (χ0v) is 24.4. The molecule has 1 amide bonds. The Morgan fingerprint density at radius 3 is 2.68 bits per heavy atom. The fourth-order valence-corrected chi connectivity index (χ4v) is 5.48. The summed E-state index contributed by atoms with van der Waals surface area (Å²) in [7, 11) is 1.60. The van der Waals surface area contributed by atoms with Gasteiger partial charge in [-0.05, 0) is 79.0 Å². The summed E-state index contributed by atoms with van der Waals surface area (Å²) in [6.45, 7) is 6.15. The van der Waals surface area contributed by atoms with Crippen molar-refractivity contribution >= 4 is 11.6 Å². The fourth-order valence-electron chi connectivity index (χ4n) is 5.48. The third kappa shape index (κ3) is 7.40. The van der Waals surface area contributed by atoms with Crippen molar-refractivity contribution < 1.29 is 19.4 Å². The van der Waals surface area contributed by atoms with Crippen LogP contribution in [0.3, 0.4) is 0 Å². The molecule has 3 aromatic rings. The molecule has 1 heterocycles. The van der Waals surface area contributed by atoms with E-state index >= 15 is 0 Å². The first-order valence-corrected chi connectivity index (χ1v) is 14.8. The number of fused-ring (bicyclic) bond motifs is 4. The van der Waals surface area contributed by atoms with Gasteiger partial charge >= 0.3 is 0 Å². The van der Waals surface area contributed by atoms with Crippen molar-refractivity contribution in [3.05, 3.63) is 89.0 Å².